The molecule has 1 amide bonds. The third kappa shape index (κ3) is 3.16. The van der Waals surface area contributed by atoms with Crippen molar-refractivity contribution in [1.82, 2.24) is 5.32 Å². The molecule has 0 radical (unpaired) electrons. The molecule has 0 saturated heterocycles. The summed E-state index contributed by atoms with van der Waals surface area (Å²) < 4.78 is 5.35. The Morgan fingerprint density at radius 2 is 1.65 bits per heavy atom. The van der Waals surface area contributed by atoms with E-state index in [-0.39, 0.29) is 19.1 Å². The average molecular weight is 307 g/mol. The Hall–Kier alpha value is -2.88. The van der Waals surface area contributed by atoms with Crippen LogP contribution in [0.3, 0.4) is 0 Å². The van der Waals surface area contributed by atoms with E-state index in [2.05, 4.69) is 29.6 Å². The third-order valence-corrected chi connectivity index (χ3v) is 3.92. The van der Waals surface area contributed by atoms with E-state index in [9.17, 15) is 9.59 Å². The number of benzene rings is 2. The van der Waals surface area contributed by atoms with Crippen molar-refractivity contribution in [2.75, 3.05) is 13.2 Å². The number of hydrogen-bond donors (Lipinski definition) is 1. The average Bonchev–Trinajstić information content (AvgIpc) is 2.91. The van der Waals surface area contributed by atoms with Gasteiger partial charge in [0.15, 0.2) is 0 Å². The number of hydrogen-bond acceptors (Lipinski definition) is 3. The van der Waals surface area contributed by atoms with Crippen molar-refractivity contribution in [1.29, 1.82) is 0 Å². The molecule has 1 aliphatic rings. The Kier molecular flexibility index (Phi) is 4.52. The Bertz CT molecular complexity index is 706. The van der Waals surface area contributed by atoms with Gasteiger partial charge in [-0.25, -0.2) is 4.79 Å². The summed E-state index contributed by atoms with van der Waals surface area (Å²) in [5, 5.41) is 2.58. The number of carbonyl (C=O) groups is 2. The lowest BCUT2D eigenvalue weighted by atomic mass is 9.98. The van der Waals surface area contributed by atoms with Crippen molar-refractivity contribution in [3.8, 4) is 11.1 Å². The Balaban J connectivity index is 1.70. The maximum Gasteiger partial charge on any atom is 0.407 e. The van der Waals surface area contributed by atoms with E-state index < -0.39 is 6.09 Å². The highest BCUT2D eigenvalue weighted by Crippen LogP contribution is 2.44. The molecule has 0 fully saturated rings. The predicted octanol–water partition coefficient (Wildman–Crippen LogP) is 3.28. The van der Waals surface area contributed by atoms with E-state index in [0.29, 0.717) is 6.29 Å². The van der Waals surface area contributed by atoms with Gasteiger partial charge >= 0.3 is 6.09 Å². The second-order valence-corrected chi connectivity index (χ2v) is 5.27. The quantitative estimate of drug-likeness (QED) is 0.681. The fourth-order valence-corrected chi connectivity index (χ4v) is 2.92. The molecule has 1 aliphatic carbocycles. The first-order valence-corrected chi connectivity index (χ1v) is 7.50. The van der Waals surface area contributed by atoms with Gasteiger partial charge in [-0.1, -0.05) is 54.6 Å². The van der Waals surface area contributed by atoms with Gasteiger partial charge in [0.1, 0.15) is 12.9 Å². The molecule has 1 N–H and O–H groups in total. The summed E-state index contributed by atoms with van der Waals surface area (Å²) in [6.07, 6.45) is 3.08. The summed E-state index contributed by atoms with van der Waals surface area (Å²) in [6, 6.07) is 16.4. The molecule has 2 aromatic rings. The smallest absolute Gasteiger partial charge is 0.407 e. The van der Waals surface area contributed by atoms with Crippen molar-refractivity contribution in [2.24, 2.45) is 0 Å². The minimum atomic E-state index is -0.484. The normalized spacial score (nSPS) is 12.7. The van der Waals surface area contributed by atoms with Crippen LogP contribution >= 0.6 is 0 Å². The SMILES string of the molecule is O=C/C=C/CNC(=O)OCC1c2ccccc2-c2ccccc21. The van der Waals surface area contributed by atoms with Gasteiger partial charge in [0.25, 0.3) is 0 Å². The van der Waals surface area contributed by atoms with Crippen LogP contribution in [0.25, 0.3) is 11.1 Å². The fourth-order valence-electron chi connectivity index (χ4n) is 2.92. The lowest BCUT2D eigenvalue weighted by Crippen LogP contribution is -2.26. The lowest BCUT2D eigenvalue weighted by molar-refractivity contribution is -0.104. The zero-order valence-corrected chi connectivity index (χ0v) is 12.6. The summed E-state index contributed by atoms with van der Waals surface area (Å²) in [5.41, 5.74) is 4.77. The van der Waals surface area contributed by atoms with E-state index in [4.69, 9.17) is 4.74 Å². The van der Waals surface area contributed by atoms with Crippen LogP contribution in [0.4, 0.5) is 4.79 Å². The molecule has 116 valence electrons. The Morgan fingerprint density at radius 1 is 1.04 bits per heavy atom. The first kappa shape index (κ1) is 15.0. The monoisotopic (exact) mass is 307 g/mol. The maximum absolute atomic E-state index is 11.7. The molecule has 0 aromatic heterocycles. The predicted molar refractivity (Wildman–Crippen MR) is 88.3 cm³/mol. The number of carbonyl (C=O) groups excluding carboxylic acids is 2. The van der Waals surface area contributed by atoms with Gasteiger partial charge in [-0.05, 0) is 28.3 Å². The van der Waals surface area contributed by atoms with Crippen LogP contribution in [0.15, 0.2) is 60.7 Å². The molecule has 3 rings (SSSR count). The summed E-state index contributed by atoms with van der Waals surface area (Å²) >= 11 is 0. The Morgan fingerprint density at radius 3 is 2.26 bits per heavy atom. The number of nitrogens with one attached hydrogen (secondary N) is 1. The van der Waals surface area contributed by atoms with Gasteiger partial charge in [-0.2, -0.15) is 0 Å². The standard InChI is InChI=1S/C19H17NO3/c21-12-6-5-11-20-19(22)23-13-18-16-9-3-1-7-14(16)15-8-2-4-10-17(15)18/h1-10,12,18H,11,13H2,(H,20,22)/b6-5+. The molecule has 0 saturated carbocycles. The molecule has 0 unspecified atom stereocenters. The van der Waals surface area contributed by atoms with Gasteiger partial charge in [0.2, 0.25) is 0 Å². The van der Waals surface area contributed by atoms with Crippen LogP contribution in [-0.2, 0) is 9.53 Å². The third-order valence-electron chi connectivity index (χ3n) is 3.92. The molecule has 4 nitrogen and oxygen atoms in total. The molecule has 4 heteroatoms. The van der Waals surface area contributed by atoms with Gasteiger partial charge in [0.05, 0.1) is 0 Å². The van der Waals surface area contributed by atoms with Gasteiger partial charge in [-0.3, -0.25) is 4.79 Å². The van der Waals surface area contributed by atoms with Crippen molar-refractivity contribution in [3.05, 3.63) is 71.8 Å². The minimum Gasteiger partial charge on any atom is -0.449 e. The van der Waals surface area contributed by atoms with E-state index in [1.54, 1.807) is 6.08 Å². The minimum absolute atomic E-state index is 0.0543. The van der Waals surface area contributed by atoms with Crippen LogP contribution < -0.4 is 5.32 Å². The van der Waals surface area contributed by atoms with Gasteiger partial charge in [0, 0.05) is 12.5 Å². The van der Waals surface area contributed by atoms with E-state index >= 15 is 0 Å². The zero-order chi connectivity index (χ0) is 16.1. The van der Waals surface area contributed by atoms with Crippen molar-refractivity contribution >= 4 is 12.4 Å². The molecular formula is C19H17NO3. The molecule has 0 heterocycles. The number of rotatable bonds is 5. The highest BCUT2D eigenvalue weighted by atomic mass is 16.5. The topological polar surface area (TPSA) is 55.4 Å². The fraction of sp³-hybridized carbons (Fsp3) is 0.158. The largest absolute Gasteiger partial charge is 0.449 e. The van der Waals surface area contributed by atoms with Crippen LogP contribution in [0, 0.1) is 0 Å². The lowest BCUT2D eigenvalue weighted by Gasteiger charge is -2.14. The maximum atomic E-state index is 11.7. The zero-order valence-electron chi connectivity index (χ0n) is 12.6. The highest BCUT2D eigenvalue weighted by molar-refractivity contribution is 5.79. The number of allylic oxidation sites excluding steroid dienone is 1. The van der Waals surface area contributed by atoms with Gasteiger partial charge < -0.3 is 10.1 Å². The van der Waals surface area contributed by atoms with E-state index in [1.807, 2.05) is 24.3 Å². The molecule has 23 heavy (non-hydrogen) atoms. The summed E-state index contributed by atoms with van der Waals surface area (Å²) in [7, 11) is 0. The molecule has 0 bridgehead atoms. The second kappa shape index (κ2) is 6.92. The number of amides is 1. The summed E-state index contributed by atoms with van der Waals surface area (Å²) in [5.74, 6) is 0.0543. The number of aldehydes is 1. The molecular weight excluding hydrogens is 290 g/mol. The highest BCUT2D eigenvalue weighted by Gasteiger charge is 2.28. The molecule has 0 spiro atoms. The molecule has 0 atom stereocenters. The Labute approximate surface area is 134 Å². The van der Waals surface area contributed by atoms with Crippen LogP contribution in [0.5, 0.6) is 0 Å². The number of alkyl carbamates (subject to hydrolysis) is 1. The number of fused-ring (bicyclic) bond motifs is 3. The van der Waals surface area contributed by atoms with Crippen LogP contribution in [-0.4, -0.2) is 25.5 Å². The van der Waals surface area contributed by atoms with E-state index in [0.717, 1.165) is 0 Å². The van der Waals surface area contributed by atoms with Crippen molar-refractivity contribution in [3.63, 3.8) is 0 Å². The second-order valence-electron chi connectivity index (χ2n) is 5.27. The number of ether oxygens (including phenoxy) is 1. The van der Waals surface area contributed by atoms with Crippen molar-refractivity contribution < 1.29 is 14.3 Å². The van der Waals surface area contributed by atoms with Gasteiger partial charge in [-0.15, -0.1) is 0 Å². The molecule has 0 aliphatic heterocycles. The van der Waals surface area contributed by atoms with E-state index in [1.165, 1.54) is 28.3 Å². The van der Waals surface area contributed by atoms with Crippen LogP contribution in [0.2, 0.25) is 0 Å². The van der Waals surface area contributed by atoms with Crippen molar-refractivity contribution in [2.45, 2.75) is 5.92 Å². The summed E-state index contributed by atoms with van der Waals surface area (Å²) in [6.45, 7) is 0.562. The summed E-state index contributed by atoms with van der Waals surface area (Å²) in [4.78, 5) is 21.9. The first-order valence-electron chi connectivity index (χ1n) is 7.50. The van der Waals surface area contributed by atoms with Crippen LogP contribution in [0.1, 0.15) is 17.0 Å². The first-order chi connectivity index (χ1) is 11.3. The molecule has 2 aromatic carbocycles.